The first-order valence-electron chi connectivity index (χ1n) is 6.98. The number of carboxylic acids is 1. The van der Waals surface area contributed by atoms with Gasteiger partial charge in [0.15, 0.2) is 5.82 Å². The lowest BCUT2D eigenvalue weighted by Gasteiger charge is -2.17. The highest BCUT2D eigenvalue weighted by Crippen LogP contribution is 2.30. The minimum absolute atomic E-state index is 0.204. The molecule has 1 aliphatic heterocycles. The molecule has 1 aromatic heterocycles. The summed E-state index contributed by atoms with van der Waals surface area (Å²) < 4.78 is 5.20. The third-order valence-electron chi connectivity index (χ3n) is 3.63. The summed E-state index contributed by atoms with van der Waals surface area (Å²) in [6.07, 6.45) is 0.907. The molecule has 0 unspecified atom stereocenters. The fraction of sp³-hybridized carbons (Fsp3) is 0.400. The first kappa shape index (κ1) is 13.6. The molecule has 0 saturated heterocycles. The lowest BCUT2D eigenvalue weighted by molar-refractivity contribution is 0.0697. The van der Waals surface area contributed by atoms with E-state index in [1.807, 2.05) is 19.9 Å². The van der Waals surface area contributed by atoms with Gasteiger partial charge in [-0.25, -0.2) is 4.79 Å². The number of hydrogen-bond donors (Lipinski definition) is 1. The Morgan fingerprint density at radius 2 is 2.29 bits per heavy atom. The molecule has 6 nitrogen and oxygen atoms in total. The predicted octanol–water partition coefficient (Wildman–Crippen LogP) is 2.45. The first-order valence-corrected chi connectivity index (χ1v) is 6.98. The second kappa shape index (κ2) is 5.20. The molecule has 0 atom stereocenters. The molecule has 0 aliphatic carbocycles. The molecule has 110 valence electrons. The maximum absolute atomic E-state index is 11.1. The van der Waals surface area contributed by atoms with Crippen molar-refractivity contribution in [3.63, 3.8) is 0 Å². The fourth-order valence-corrected chi connectivity index (χ4v) is 2.48. The van der Waals surface area contributed by atoms with Gasteiger partial charge in [-0.15, -0.1) is 0 Å². The zero-order valence-corrected chi connectivity index (χ0v) is 12.0. The van der Waals surface area contributed by atoms with Crippen LogP contribution in [0, 0.1) is 0 Å². The van der Waals surface area contributed by atoms with E-state index in [9.17, 15) is 4.79 Å². The molecule has 21 heavy (non-hydrogen) atoms. The number of fused-ring (bicyclic) bond motifs is 1. The van der Waals surface area contributed by atoms with E-state index < -0.39 is 5.97 Å². The summed E-state index contributed by atoms with van der Waals surface area (Å²) >= 11 is 0. The molecule has 2 heterocycles. The van der Waals surface area contributed by atoms with Crippen molar-refractivity contribution in [2.75, 3.05) is 11.4 Å². The van der Waals surface area contributed by atoms with Crippen LogP contribution in [-0.4, -0.2) is 27.8 Å². The standard InChI is InChI=1S/C15H17N3O3/c1-9(2)14-16-13(17-21-14)8-18-6-5-10-3-4-11(15(19)20)7-12(10)18/h3-4,7,9H,5-6,8H2,1-2H3,(H,19,20). The average Bonchev–Trinajstić information content (AvgIpc) is 3.06. The monoisotopic (exact) mass is 287 g/mol. The Hall–Kier alpha value is -2.37. The molecule has 0 amide bonds. The highest BCUT2D eigenvalue weighted by molar-refractivity contribution is 5.89. The summed E-state index contributed by atoms with van der Waals surface area (Å²) in [6, 6.07) is 5.25. The number of hydrogen-bond acceptors (Lipinski definition) is 5. The third-order valence-corrected chi connectivity index (χ3v) is 3.63. The van der Waals surface area contributed by atoms with Crippen LogP contribution in [0.15, 0.2) is 22.7 Å². The van der Waals surface area contributed by atoms with Crippen LogP contribution in [0.2, 0.25) is 0 Å². The van der Waals surface area contributed by atoms with Gasteiger partial charge in [-0.3, -0.25) is 0 Å². The Labute approximate surface area is 122 Å². The lowest BCUT2D eigenvalue weighted by Crippen LogP contribution is -2.20. The van der Waals surface area contributed by atoms with Gasteiger partial charge in [-0.05, 0) is 24.1 Å². The maximum atomic E-state index is 11.1. The van der Waals surface area contributed by atoms with Crippen LogP contribution in [0.3, 0.4) is 0 Å². The predicted molar refractivity (Wildman–Crippen MR) is 76.5 cm³/mol. The number of carboxylic acid groups (broad SMARTS) is 1. The lowest BCUT2D eigenvalue weighted by atomic mass is 10.1. The van der Waals surface area contributed by atoms with Crippen LogP contribution >= 0.6 is 0 Å². The Balaban J connectivity index is 1.83. The molecular formula is C15H17N3O3. The molecule has 0 spiro atoms. The van der Waals surface area contributed by atoms with Crippen LogP contribution < -0.4 is 4.90 Å². The first-order chi connectivity index (χ1) is 10.0. The molecule has 0 bridgehead atoms. The van der Waals surface area contributed by atoms with Gasteiger partial charge in [0.25, 0.3) is 0 Å². The average molecular weight is 287 g/mol. The Kier molecular flexibility index (Phi) is 3.37. The van der Waals surface area contributed by atoms with E-state index in [0.717, 1.165) is 24.2 Å². The second-order valence-electron chi connectivity index (χ2n) is 5.52. The normalized spacial score (nSPS) is 13.8. The minimum Gasteiger partial charge on any atom is -0.478 e. The molecule has 0 radical (unpaired) electrons. The van der Waals surface area contributed by atoms with E-state index in [2.05, 4.69) is 15.0 Å². The van der Waals surface area contributed by atoms with Gasteiger partial charge in [0, 0.05) is 18.2 Å². The number of aromatic nitrogens is 2. The van der Waals surface area contributed by atoms with Gasteiger partial charge in [0.1, 0.15) is 0 Å². The van der Waals surface area contributed by atoms with Gasteiger partial charge in [0.2, 0.25) is 5.89 Å². The molecule has 1 N–H and O–H groups in total. The van der Waals surface area contributed by atoms with E-state index in [0.29, 0.717) is 23.8 Å². The Morgan fingerprint density at radius 1 is 1.48 bits per heavy atom. The van der Waals surface area contributed by atoms with Crippen LogP contribution in [0.1, 0.15) is 47.4 Å². The van der Waals surface area contributed by atoms with E-state index in [4.69, 9.17) is 9.63 Å². The minimum atomic E-state index is -0.911. The van der Waals surface area contributed by atoms with Crippen molar-refractivity contribution < 1.29 is 14.4 Å². The number of aromatic carboxylic acids is 1. The Bertz CT molecular complexity index is 679. The van der Waals surface area contributed by atoms with Crippen molar-refractivity contribution in [2.24, 2.45) is 0 Å². The molecule has 3 rings (SSSR count). The van der Waals surface area contributed by atoms with E-state index in [1.165, 1.54) is 0 Å². The van der Waals surface area contributed by atoms with Crippen molar-refractivity contribution >= 4 is 11.7 Å². The van der Waals surface area contributed by atoms with Gasteiger partial charge in [-0.2, -0.15) is 4.98 Å². The molecule has 1 aromatic carbocycles. The third kappa shape index (κ3) is 2.61. The molecule has 0 fully saturated rings. The van der Waals surface area contributed by atoms with Gasteiger partial charge >= 0.3 is 5.97 Å². The van der Waals surface area contributed by atoms with Gasteiger partial charge in [-0.1, -0.05) is 25.1 Å². The van der Waals surface area contributed by atoms with Crippen molar-refractivity contribution in [1.82, 2.24) is 10.1 Å². The highest BCUT2D eigenvalue weighted by Gasteiger charge is 2.22. The van der Waals surface area contributed by atoms with E-state index in [-0.39, 0.29) is 5.92 Å². The summed E-state index contributed by atoms with van der Waals surface area (Å²) in [5.41, 5.74) is 2.41. The summed E-state index contributed by atoms with van der Waals surface area (Å²) in [5, 5.41) is 13.1. The zero-order chi connectivity index (χ0) is 15.0. The fourth-order valence-electron chi connectivity index (χ4n) is 2.48. The van der Waals surface area contributed by atoms with E-state index >= 15 is 0 Å². The SMILES string of the molecule is CC(C)c1nc(CN2CCc3ccc(C(=O)O)cc32)no1. The second-order valence-corrected chi connectivity index (χ2v) is 5.52. The number of carbonyl (C=O) groups is 1. The number of nitrogens with zero attached hydrogens (tertiary/aromatic N) is 3. The Morgan fingerprint density at radius 3 is 2.95 bits per heavy atom. The summed E-state index contributed by atoms with van der Waals surface area (Å²) in [4.78, 5) is 17.5. The molecular weight excluding hydrogens is 270 g/mol. The molecule has 2 aromatic rings. The van der Waals surface area contributed by atoms with E-state index in [1.54, 1.807) is 12.1 Å². The van der Waals surface area contributed by atoms with Crippen molar-refractivity contribution in [2.45, 2.75) is 32.7 Å². The topological polar surface area (TPSA) is 79.5 Å². The van der Waals surface area contributed by atoms with Gasteiger partial charge in [0.05, 0.1) is 12.1 Å². The van der Waals surface area contributed by atoms with Crippen molar-refractivity contribution in [1.29, 1.82) is 0 Å². The molecule has 6 heteroatoms. The van der Waals surface area contributed by atoms with Crippen LogP contribution in [-0.2, 0) is 13.0 Å². The smallest absolute Gasteiger partial charge is 0.335 e. The highest BCUT2D eigenvalue weighted by atomic mass is 16.5. The molecule has 0 saturated carbocycles. The van der Waals surface area contributed by atoms with Crippen LogP contribution in [0.5, 0.6) is 0 Å². The molecule has 1 aliphatic rings. The summed E-state index contributed by atoms with van der Waals surface area (Å²) in [6.45, 7) is 5.37. The number of rotatable bonds is 4. The zero-order valence-electron chi connectivity index (χ0n) is 12.0. The van der Waals surface area contributed by atoms with Gasteiger partial charge < -0.3 is 14.5 Å². The summed E-state index contributed by atoms with van der Waals surface area (Å²) in [5.74, 6) is 0.554. The van der Waals surface area contributed by atoms with Crippen molar-refractivity contribution in [3.05, 3.63) is 41.0 Å². The summed E-state index contributed by atoms with van der Waals surface area (Å²) in [7, 11) is 0. The van der Waals surface area contributed by atoms with Crippen LogP contribution in [0.4, 0.5) is 5.69 Å². The maximum Gasteiger partial charge on any atom is 0.335 e. The van der Waals surface area contributed by atoms with Crippen LogP contribution in [0.25, 0.3) is 0 Å². The number of benzene rings is 1. The quantitative estimate of drug-likeness (QED) is 0.930. The number of anilines is 1. The van der Waals surface area contributed by atoms with Crippen molar-refractivity contribution in [3.8, 4) is 0 Å². The largest absolute Gasteiger partial charge is 0.478 e.